The van der Waals surface area contributed by atoms with Crippen LogP contribution in [-0.2, 0) is 11.3 Å². The van der Waals surface area contributed by atoms with Crippen LogP contribution in [0.2, 0.25) is 0 Å². The van der Waals surface area contributed by atoms with E-state index in [4.69, 9.17) is 9.84 Å². The first-order valence-electron chi connectivity index (χ1n) is 6.11. The number of amides is 1. The van der Waals surface area contributed by atoms with Crippen LogP contribution in [0.25, 0.3) is 0 Å². The largest absolute Gasteiger partial charge is 0.497 e. The number of aliphatic hydroxyl groups is 1. The summed E-state index contributed by atoms with van der Waals surface area (Å²) in [6, 6.07) is 7.61. The van der Waals surface area contributed by atoms with Gasteiger partial charge in [-0.25, -0.2) is 0 Å². The molecule has 0 aliphatic rings. The van der Waals surface area contributed by atoms with Crippen molar-refractivity contribution < 1.29 is 14.6 Å². The molecule has 100 valence electrons. The summed E-state index contributed by atoms with van der Waals surface area (Å²) >= 11 is 0. The molecule has 0 spiro atoms. The Kier molecular flexibility index (Phi) is 5.65. The number of hydrogen-bond donors (Lipinski definition) is 1. The quantitative estimate of drug-likeness (QED) is 0.836. The highest BCUT2D eigenvalue weighted by Gasteiger charge is 2.19. The van der Waals surface area contributed by atoms with Crippen molar-refractivity contribution in [2.75, 3.05) is 20.8 Å². The molecule has 0 saturated carbocycles. The Bertz CT molecular complexity index is 371. The van der Waals surface area contributed by atoms with Crippen LogP contribution in [0.4, 0.5) is 0 Å². The lowest BCUT2D eigenvalue weighted by Gasteiger charge is -2.22. The van der Waals surface area contributed by atoms with Gasteiger partial charge in [-0.15, -0.1) is 0 Å². The van der Waals surface area contributed by atoms with Crippen LogP contribution in [0.3, 0.4) is 0 Å². The van der Waals surface area contributed by atoms with E-state index >= 15 is 0 Å². The number of methoxy groups -OCH3 is 1. The molecule has 4 nitrogen and oxygen atoms in total. The van der Waals surface area contributed by atoms with Gasteiger partial charge in [-0.3, -0.25) is 4.79 Å². The van der Waals surface area contributed by atoms with Gasteiger partial charge < -0.3 is 14.7 Å². The van der Waals surface area contributed by atoms with Crippen LogP contribution < -0.4 is 4.74 Å². The van der Waals surface area contributed by atoms with Crippen LogP contribution in [0.1, 0.15) is 18.9 Å². The molecule has 4 heteroatoms. The number of carbonyl (C=O) groups excluding carboxylic acids is 1. The second kappa shape index (κ2) is 7.01. The van der Waals surface area contributed by atoms with Crippen molar-refractivity contribution in [3.8, 4) is 5.75 Å². The molecule has 0 aromatic heterocycles. The Morgan fingerprint density at radius 2 is 2.00 bits per heavy atom. The van der Waals surface area contributed by atoms with Crippen molar-refractivity contribution in [2.24, 2.45) is 5.92 Å². The number of aliphatic hydroxyl groups excluding tert-OH is 1. The Hall–Kier alpha value is -1.55. The maximum Gasteiger partial charge on any atom is 0.228 e. The van der Waals surface area contributed by atoms with Gasteiger partial charge in [-0.1, -0.05) is 19.1 Å². The highest BCUT2D eigenvalue weighted by molar-refractivity contribution is 5.78. The van der Waals surface area contributed by atoms with Crippen molar-refractivity contribution in [1.82, 2.24) is 4.90 Å². The number of hydrogen-bond acceptors (Lipinski definition) is 3. The fourth-order valence-electron chi connectivity index (χ4n) is 1.78. The molecule has 1 amide bonds. The SMILES string of the molecule is CCC(CO)C(=O)N(C)Cc1ccc(OC)cc1. The van der Waals surface area contributed by atoms with Crippen molar-refractivity contribution in [2.45, 2.75) is 19.9 Å². The summed E-state index contributed by atoms with van der Waals surface area (Å²) in [6.45, 7) is 2.35. The minimum Gasteiger partial charge on any atom is -0.497 e. The monoisotopic (exact) mass is 251 g/mol. The topological polar surface area (TPSA) is 49.8 Å². The van der Waals surface area contributed by atoms with Gasteiger partial charge in [-0.2, -0.15) is 0 Å². The van der Waals surface area contributed by atoms with Gasteiger partial charge in [-0.05, 0) is 24.1 Å². The molecule has 0 aliphatic heterocycles. The zero-order valence-electron chi connectivity index (χ0n) is 11.2. The molecule has 1 rings (SSSR count). The summed E-state index contributed by atoms with van der Waals surface area (Å²) in [6.07, 6.45) is 0.655. The fraction of sp³-hybridized carbons (Fsp3) is 0.500. The number of nitrogens with zero attached hydrogens (tertiary/aromatic N) is 1. The van der Waals surface area contributed by atoms with Gasteiger partial charge in [0.2, 0.25) is 5.91 Å². The lowest BCUT2D eigenvalue weighted by Crippen LogP contribution is -2.33. The lowest BCUT2D eigenvalue weighted by molar-refractivity contribution is -0.136. The Balaban J connectivity index is 2.62. The molecule has 0 aliphatic carbocycles. The summed E-state index contributed by atoms with van der Waals surface area (Å²) in [5, 5.41) is 9.12. The van der Waals surface area contributed by atoms with E-state index in [-0.39, 0.29) is 18.4 Å². The van der Waals surface area contributed by atoms with E-state index in [9.17, 15) is 4.79 Å². The highest BCUT2D eigenvalue weighted by atomic mass is 16.5. The first kappa shape index (κ1) is 14.5. The molecule has 1 N–H and O–H groups in total. The molecular formula is C14H21NO3. The molecule has 0 fully saturated rings. The predicted molar refractivity (Wildman–Crippen MR) is 70.3 cm³/mol. The molecule has 0 bridgehead atoms. The number of rotatable bonds is 6. The minimum atomic E-state index is -0.298. The average Bonchev–Trinajstić information content (AvgIpc) is 2.40. The van der Waals surface area contributed by atoms with E-state index in [1.165, 1.54) is 0 Å². The maximum atomic E-state index is 12.0. The second-order valence-corrected chi connectivity index (χ2v) is 4.33. The molecule has 1 aromatic rings. The van der Waals surface area contributed by atoms with Crippen molar-refractivity contribution in [3.63, 3.8) is 0 Å². The summed E-state index contributed by atoms with van der Waals surface area (Å²) in [4.78, 5) is 13.6. The molecule has 1 aromatic carbocycles. The molecular weight excluding hydrogens is 230 g/mol. The van der Waals surface area contributed by atoms with E-state index in [1.54, 1.807) is 19.1 Å². The number of carbonyl (C=O) groups is 1. The van der Waals surface area contributed by atoms with Gasteiger partial charge in [0.15, 0.2) is 0 Å². The molecule has 0 saturated heterocycles. The number of ether oxygens (including phenoxy) is 1. The molecule has 0 radical (unpaired) electrons. The van der Waals surface area contributed by atoms with Gasteiger partial charge in [0.05, 0.1) is 19.6 Å². The van der Waals surface area contributed by atoms with E-state index in [0.29, 0.717) is 13.0 Å². The lowest BCUT2D eigenvalue weighted by atomic mass is 10.1. The number of benzene rings is 1. The van der Waals surface area contributed by atoms with Crippen molar-refractivity contribution in [1.29, 1.82) is 0 Å². The van der Waals surface area contributed by atoms with Gasteiger partial charge in [0.25, 0.3) is 0 Å². The van der Waals surface area contributed by atoms with E-state index in [0.717, 1.165) is 11.3 Å². The van der Waals surface area contributed by atoms with Crippen molar-refractivity contribution >= 4 is 5.91 Å². The zero-order chi connectivity index (χ0) is 13.5. The zero-order valence-corrected chi connectivity index (χ0v) is 11.2. The first-order chi connectivity index (χ1) is 8.62. The van der Waals surface area contributed by atoms with Crippen LogP contribution in [-0.4, -0.2) is 36.7 Å². The fourth-order valence-corrected chi connectivity index (χ4v) is 1.78. The predicted octanol–water partition coefficient (Wildman–Crippen LogP) is 1.67. The van der Waals surface area contributed by atoms with Crippen LogP contribution in [0.5, 0.6) is 5.75 Å². The molecule has 18 heavy (non-hydrogen) atoms. The Labute approximate surface area is 108 Å². The van der Waals surface area contributed by atoms with Crippen LogP contribution in [0.15, 0.2) is 24.3 Å². The maximum absolute atomic E-state index is 12.0. The smallest absolute Gasteiger partial charge is 0.228 e. The third-order valence-electron chi connectivity index (χ3n) is 3.02. The van der Waals surface area contributed by atoms with Crippen LogP contribution in [0, 0.1) is 5.92 Å². The van der Waals surface area contributed by atoms with E-state index < -0.39 is 0 Å². The Morgan fingerprint density at radius 1 is 1.39 bits per heavy atom. The standard InChI is InChI=1S/C14H21NO3/c1-4-12(10-16)14(17)15(2)9-11-5-7-13(18-3)8-6-11/h5-8,12,16H,4,9-10H2,1-3H3. The Morgan fingerprint density at radius 3 is 2.44 bits per heavy atom. The molecule has 0 heterocycles. The summed E-state index contributed by atoms with van der Waals surface area (Å²) < 4.78 is 5.08. The van der Waals surface area contributed by atoms with Gasteiger partial charge >= 0.3 is 0 Å². The van der Waals surface area contributed by atoms with Gasteiger partial charge in [0, 0.05) is 13.6 Å². The normalized spacial score (nSPS) is 12.0. The minimum absolute atomic E-state index is 0.0178. The average molecular weight is 251 g/mol. The van der Waals surface area contributed by atoms with Crippen LogP contribution >= 0.6 is 0 Å². The third kappa shape index (κ3) is 3.74. The molecule has 1 atom stereocenters. The third-order valence-corrected chi connectivity index (χ3v) is 3.02. The second-order valence-electron chi connectivity index (χ2n) is 4.33. The summed E-state index contributed by atoms with van der Waals surface area (Å²) in [5.41, 5.74) is 1.04. The van der Waals surface area contributed by atoms with Gasteiger partial charge in [0.1, 0.15) is 5.75 Å². The first-order valence-corrected chi connectivity index (χ1v) is 6.11. The highest BCUT2D eigenvalue weighted by Crippen LogP contribution is 2.14. The summed E-state index contributed by atoms with van der Waals surface area (Å²) in [7, 11) is 3.38. The van der Waals surface area contributed by atoms with Crippen molar-refractivity contribution in [3.05, 3.63) is 29.8 Å². The molecule has 1 unspecified atom stereocenters. The van der Waals surface area contributed by atoms with E-state index in [2.05, 4.69) is 0 Å². The summed E-state index contributed by atoms with van der Waals surface area (Å²) in [5.74, 6) is 0.485. The van der Waals surface area contributed by atoms with E-state index in [1.807, 2.05) is 31.2 Å².